The Bertz CT molecular complexity index is 587. The molecule has 5 heteroatoms. The molecule has 0 amide bonds. The number of methoxy groups -OCH3 is 2. The van der Waals surface area contributed by atoms with E-state index in [9.17, 15) is 5.11 Å². The van der Waals surface area contributed by atoms with E-state index in [1.807, 2.05) is 19.9 Å². The zero-order chi connectivity index (χ0) is 16.3. The lowest BCUT2D eigenvalue weighted by Gasteiger charge is -2.28. The van der Waals surface area contributed by atoms with Gasteiger partial charge in [0.05, 0.1) is 12.8 Å². The monoisotopic (exact) mass is 306 g/mol. The van der Waals surface area contributed by atoms with E-state index in [1.165, 1.54) is 0 Å². The number of aryl methyl sites for hydroxylation is 2. The predicted octanol–water partition coefficient (Wildman–Crippen LogP) is 3.52. The molecule has 0 aromatic carbocycles. The Kier molecular flexibility index (Phi) is 5.29. The van der Waals surface area contributed by atoms with Crippen LogP contribution >= 0.6 is 0 Å². The lowest BCUT2D eigenvalue weighted by molar-refractivity contribution is 0.0590. The van der Waals surface area contributed by atoms with E-state index in [0.717, 1.165) is 42.0 Å². The van der Waals surface area contributed by atoms with Gasteiger partial charge in [0.25, 0.3) is 0 Å². The molecule has 0 bridgehead atoms. The number of aromatic amines is 1. The summed E-state index contributed by atoms with van der Waals surface area (Å²) in [5, 5.41) is 10.2. The molecule has 0 fully saturated rings. The maximum Gasteiger partial charge on any atom is 0.164 e. The van der Waals surface area contributed by atoms with Gasteiger partial charge in [-0.3, -0.25) is 0 Å². The summed E-state index contributed by atoms with van der Waals surface area (Å²) in [5.74, 6) is 1.40. The molecule has 2 unspecified atom stereocenters. The normalized spacial score (nSPS) is 22.0. The third-order valence-corrected chi connectivity index (χ3v) is 4.25. The van der Waals surface area contributed by atoms with Crippen LogP contribution in [0.4, 0.5) is 0 Å². The molecule has 0 radical (unpaired) electrons. The van der Waals surface area contributed by atoms with Crippen molar-refractivity contribution in [3.05, 3.63) is 34.8 Å². The summed E-state index contributed by atoms with van der Waals surface area (Å²) >= 11 is 0. The molecule has 1 aliphatic rings. The van der Waals surface area contributed by atoms with Crippen LogP contribution in [0.5, 0.6) is 0 Å². The minimum Gasteiger partial charge on any atom is -0.506 e. The maximum absolute atomic E-state index is 10.2. The van der Waals surface area contributed by atoms with Gasteiger partial charge in [0, 0.05) is 24.3 Å². The van der Waals surface area contributed by atoms with Crippen molar-refractivity contribution in [2.24, 2.45) is 5.92 Å². The first kappa shape index (κ1) is 16.6. The number of ether oxygens (including phenoxy) is 2. The van der Waals surface area contributed by atoms with Crippen LogP contribution in [-0.2, 0) is 15.9 Å². The van der Waals surface area contributed by atoms with Crippen LogP contribution in [-0.4, -0.2) is 35.4 Å². The quantitative estimate of drug-likeness (QED) is 0.843. The van der Waals surface area contributed by atoms with E-state index in [1.54, 1.807) is 14.2 Å². The van der Waals surface area contributed by atoms with Gasteiger partial charge < -0.3 is 19.6 Å². The van der Waals surface area contributed by atoms with E-state index >= 15 is 0 Å². The molecule has 5 nitrogen and oxygen atoms in total. The molecule has 0 saturated carbocycles. The first-order valence-electron chi connectivity index (χ1n) is 7.80. The van der Waals surface area contributed by atoms with Crippen LogP contribution in [0, 0.1) is 12.8 Å². The minimum atomic E-state index is -0.417. The first-order chi connectivity index (χ1) is 10.5. The van der Waals surface area contributed by atoms with E-state index in [-0.39, 0.29) is 11.7 Å². The topological polar surface area (TPSA) is 67.4 Å². The van der Waals surface area contributed by atoms with Gasteiger partial charge in [0.2, 0.25) is 0 Å². The molecule has 0 aliphatic heterocycles. The zero-order valence-electron chi connectivity index (χ0n) is 14.1. The van der Waals surface area contributed by atoms with Gasteiger partial charge in [-0.05, 0) is 25.8 Å². The molecule has 1 aromatic rings. The second kappa shape index (κ2) is 7.01. The Morgan fingerprint density at radius 2 is 2.09 bits per heavy atom. The molecule has 1 heterocycles. The summed E-state index contributed by atoms with van der Waals surface area (Å²) in [6.07, 6.45) is 4.69. The van der Waals surface area contributed by atoms with Gasteiger partial charge in [-0.1, -0.05) is 20.3 Å². The van der Waals surface area contributed by atoms with Crippen LogP contribution in [0.15, 0.2) is 17.6 Å². The van der Waals surface area contributed by atoms with Crippen molar-refractivity contribution in [2.45, 2.75) is 46.1 Å². The fourth-order valence-electron chi connectivity index (χ4n) is 2.87. The fourth-order valence-corrected chi connectivity index (χ4v) is 2.87. The highest BCUT2D eigenvalue weighted by Crippen LogP contribution is 2.35. The summed E-state index contributed by atoms with van der Waals surface area (Å²) in [4.78, 5) is 8.11. The van der Waals surface area contributed by atoms with Crippen molar-refractivity contribution < 1.29 is 14.6 Å². The number of hydrogen-bond donors (Lipinski definition) is 2. The summed E-state index contributed by atoms with van der Waals surface area (Å²) in [6, 6.07) is 0. The number of aliphatic hydroxyl groups excluding tert-OH is 1. The van der Waals surface area contributed by atoms with Gasteiger partial charge in [-0.15, -0.1) is 0 Å². The number of unbranched alkanes of at least 4 members (excludes halogenated alkanes) is 1. The molecule has 122 valence electrons. The smallest absolute Gasteiger partial charge is 0.164 e. The Morgan fingerprint density at radius 3 is 2.68 bits per heavy atom. The van der Waals surface area contributed by atoms with Gasteiger partial charge in [0.15, 0.2) is 11.5 Å². The van der Waals surface area contributed by atoms with Crippen molar-refractivity contribution in [3.8, 4) is 0 Å². The largest absolute Gasteiger partial charge is 0.506 e. The average molecular weight is 306 g/mol. The molecule has 2 rings (SSSR count). The minimum absolute atomic E-state index is 0.00604. The lowest BCUT2D eigenvalue weighted by Crippen LogP contribution is -2.28. The van der Waals surface area contributed by atoms with E-state index < -0.39 is 6.10 Å². The number of rotatable bonds is 6. The number of nitrogens with zero attached hydrogens (tertiary/aromatic N) is 1. The van der Waals surface area contributed by atoms with Gasteiger partial charge in [-0.25, -0.2) is 4.98 Å². The summed E-state index contributed by atoms with van der Waals surface area (Å²) in [6.45, 7) is 6.25. The zero-order valence-corrected chi connectivity index (χ0v) is 14.1. The van der Waals surface area contributed by atoms with E-state index in [4.69, 9.17) is 14.5 Å². The number of hydrogen-bond acceptors (Lipinski definition) is 4. The summed E-state index contributed by atoms with van der Waals surface area (Å²) in [7, 11) is 3.14. The number of imidazole rings is 1. The van der Waals surface area contributed by atoms with Crippen molar-refractivity contribution in [1.82, 2.24) is 9.97 Å². The van der Waals surface area contributed by atoms with Crippen LogP contribution in [0.1, 0.15) is 43.9 Å². The second-order valence-corrected chi connectivity index (χ2v) is 5.76. The predicted molar refractivity (Wildman–Crippen MR) is 86.5 cm³/mol. The van der Waals surface area contributed by atoms with Crippen LogP contribution in [0.2, 0.25) is 0 Å². The molecule has 1 aliphatic carbocycles. The molecular formula is C17H26N2O3. The van der Waals surface area contributed by atoms with Gasteiger partial charge >= 0.3 is 0 Å². The van der Waals surface area contributed by atoms with E-state index in [0.29, 0.717) is 5.76 Å². The highest BCUT2D eigenvalue weighted by atomic mass is 16.5. The third-order valence-electron chi connectivity index (χ3n) is 4.25. The molecule has 0 saturated heterocycles. The van der Waals surface area contributed by atoms with Gasteiger partial charge in [-0.2, -0.15) is 0 Å². The number of allylic oxidation sites excluding steroid dienone is 1. The molecule has 1 aromatic heterocycles. The number of aromatic nitrogens is 2. The van der Waals surface area contributed by atoms with Crippen LogP contribution in [0.3, 0.4) is 0 Å². The number of aliphatic hydroxyl groups is 1. The van der Waals surface area contributed by atoms with Crippen molar-refractivity contribution in [1.29, 1.82) is 0 Å². The molecule has 2 atom stereocenters. The Balaban J connectivity index is 2.38. The lowest BCUT2D eigenvalue weighted by atomic mass is 9.88. The molecular weight excluding hydrogens is 280 g/mol. The average Bonchev–Trinajstić information content (AvgIpc) is 2.87. The summed E-state index contributed by atoms with van der Waals surface area (Å²) in [5.41, 5.74) is 3.20. The van der Waals surface area contributed by atoms with Gasteiger partial charge in [0.1, 0.15) is 11.9 Å². The maximum atomic E-state index is 10.2. The Morgan fingerprint density at radius 1 is 1.36 bits per heavy atom. The second-order valence-electron chi connectivity index (χ2n) is 5.76. The molecule has 2 N–H and O–H groups in total. The van der Waals surface area contributed by atoms with E-state index in [2.05, 4.69) is 11.9 Å². The molecule has 22 heavy (non-hydrogen) atoms. The highest BCUT2D eigenvalue weighted by Gasteiger charge is 2.33. The van der Waals surface area contributed by atoms with Crippen LogP contribution < -0.4 is 0 Å². The van der Waals surface area contributed by atoms with Crippen molar-refractivity contribution >= 4 is 5.57 Å². The highest BCUT2D eigenvalue weighted by molar-refractivity contribution is 5.68. The Hall–Kier alpha value is -1.75. The number of nitrogens with one attached hydrogen (secondary N) is 1. The number of H-pyrrole nitrogens is 1. The SMILES string of the molecule is CCCCc1nc(C2=CC(OC)=C(O)C(OC)C2C)[nH]c1C. The standard InChI is InChI=1S/C17H26N2O3/c1-6-7-8-13-11(3)18-17(19-13)12-9-14(21-4)15(20)16(22-5)10(12)2/h9-10,16,20H,6-8H2,1-5H3,(H,18,19). The first-order valence-corrected chi connectivity index (χ1v) is 7.80. The Labute approximate surface area is 132 Å². The van der Waals surface area contributed by atoms with Crippen molar-refractivity contribution in [3.63, 3.8) is 0 Å². The fraction of sp³-hybridized carbons (Fsp3) is 0.588. The summed E-state index contributed by atoms with van der Waals surface area (Å²) < 4.78 is 10.7. The molecule has 0 spiro atoms. The third kappa shape index (κ3) is 3.04. The van der Waals surface area contributed by atoms with Crippen molar-refractivity contribution in [2.75, 3.05) is 14.2 Å². The van der Waals surface area contributed by atoms with Crippen LogP contribution in [0.25, 0.3) is 5.57 Å².